The van der Waals surface area contributed by atoms with Crippen molar-refractivity contribution in [2.24, 2.45) is 0 Å². The molecule has 0 aliphatic heterocycles. The van der Waals surface area contributed by atoms with Gasteiger partial charge in [0.2, 0.25) is 5.43 Å². The molecular formula is C18H24N2O3. The zero-order chi connectivity index (χ0) is 17.0. The molecule has 0 unspecified atom stereocenters. The summed E-state index contributed by atoms with van der Waals surface area (Å²) in [4.78, 5) is 13.8. The van der Waals surface area contributed by atoms with Crippen LogP contribution in [0.3, 0.4) is 0 Å². The normalized spacial score (nSPS) is 11.0. The van der Waals surface area contributed by atoms with Crippen LogP contribution in [-0.4, -0.2) is 35.8 Å². The van der Waals surface area contributed by atoms with Crippen molar-refractivity contribution in [3.8, 4) is 11.5 Å². The Morgan fingerprint density at radius 2 is 1.87 bits per heavy atom. The molecule has 5 heteroatoms. The van der Waals surface area contributed by atoms with Crippen molar-refractivity contribution >= 4 is 0 Å². The van der Waals surface area contributed by atoms with E-state index in [0.29, 0.717) is 18.8 Å². The predicted octanol–water partition coefficient (Wildman–Crippen LogP) is 2.18. The first-order chi connectivity index (χ1) is 10.9. The van der Waals surface area contributed by atoms with Crippen molar-refractivity contribution in [2.45, 2.75) is 26.4 Å². The van der Waals surface area contributed by atoms with Crippen molar-refractivity contribution in [2.75, 3.05) is 21.2 Å². The summed E-state index contributed by atoms with van der Waals surface area (Å²) in [5.74, 6) is 0.679. The van der Waals surface area contributed by atoms with Gasteiger partial charge in [-0.15, -0.1) is 0 Å². The van der Waals surface area contributed by atoms with Gasteiger partial charge in [-0.3, -0.25) is 4.79 Å². The maximum Gasteiger partial charge on any atom is 0.223 e. The fourth-order valence-corrected chi connectivity index (χ4v) is 2.62. The van der Waals surface area contributed by atoms with Gasteiger partial charge in [0, 0.05) is 24.8 Å². The molecule has 2 rings (SSSR count). The van der Waals surface area contributed by atoms with E-state index in [-0.39, 0.29) is 11.2 Å². The Bertz CT molecular complexity index is 718. The number of hydrogen-bond acceptors (Lipinski definition) is 4. The van der Waals surface area contributed by atoms with E-state index in [4.69, 9.17) is 4.74 Å². The maximum absolute atomic E-state index is 11.8. The van der Waals surface area contributed by atoms with E-state index in [1.807, 2.05) is 54.8 Å². The molecule has 1 aromatic heterocycles. The smallest absolute Gasteiger partial charge is 0.223 e. The third kappa shape index (κ3) is 4.13. The highest BCUT2D eigenvalue weighted by Crippen LogP contribution is 2.18. The van der Waals surface area contributed by atoms with Crippen LogP contribution in [0.15, 0.2) is 35.1 Å². The highest BCUT2D eigenvalue weighted by atomic mass is 16.5. The average Bonchev–Trinajstić information content (AvgIpc) is 2.52. The molecule has 0 aliphatic carbocycles. The fraction of sp³-hybridized carbons (Fsp3) is 0.389. The summed E-state index contributed by atoms with van der Waals surface area (Å²) in [6.07, 6.45) is 0.813. The minimum atomic E-state index is -0.319. The molecule has 0 aliphatic rings. The van der Waals surface area contributed by atoms with E-state index in [1.165, 1.54) is 11.6 Å². The van der Waals surface area contributed by atoms with Crippen LogP contribution in [0, 0.1) is 6.92 Å². The van der Waals surface area contributed by atoms with Crippen LogP contribution < -0.4 is 10.2 Å². The van der Waals surface area contributed by atoms with Crippen molar-refractivity contribution in [3.05, 3.63) is 57.5 Å². The zero-order valence-corrected chi connectivity index (χ0v) is 14.2. The number of rotatable bonds is 6. The Morgan fingerprint density at radius 1 is 1.22 bits per heavy atom. The zero-order valence-electron chi connectivity index (χ0n) is 14.2. The Labute approximate surface area is 136 Å². The van der Waals surface area contributed by atoms with Gasteiger partial charge in [-0.05, 0) is 45.1 Å². The van der Waals surface area contributed by atoms with Crippen LogP contribution in [0.2, 0.25) is 0 Å². The van der Waals surface area contributed by atoms with E-state index < -0.39 is 0 Å². The number of hydrogen-bond donors (Lipinski definition) is 1. The summed E-state index contributed by atoms with van der Waals surface area (Å²) in [5.41, 5.74) is 2.38. The van der Waals surface area contributed by atoms with Gasteiger partial charge in [0.05, 0.1) is 12.8 Å². The standard InChI is InChI=1S/C18H24N2O3/c1-13-11-17(21)18(22)16(12-19(2)3)20(13)10-9-14-5-7-15(23-4)8-6-14/h5-8,11,22H,9-10,12H2,1-4H3. The fourth-order valence-electron chi connectivity index (χ4n) is 2.62. The molecule has 0 amide bonds. The Morgan fingerprint density at radius 3 is 2.43 bits per heavy atom. The molecule has 0 atom stereocenters. The number of nitrogens with zero attached hydrogens (tertiary/aromatic N) is 2. The van der Waals surface area contributed by atoms with E-state index in [2.05, 4.69) is 0 Å². The first-order valence-electron chi connectivity index (χ1n) is 7.62. The highest BCUT2D eigenvalue weighted by molar-refractivity contribution is 5.31. The highest BCUT2D eigenvalue weighted by Gasteiger charge is 2.13. The third-order valence-electron chi connectivity index (χ3n) is 3.85. The monoisotopic (exact) mass is 316 g/mol. The third-order valence-corrected chi connectivity index (χ3v) is 3.85. The average molecular weight is 316 g/mol. The SMILES string of the molecule is COc1ccc(CCn2c(C)cc(=O)c(O)c2CN(C)C)cc1. The van der Waals surface area contributed by atoms with Crippen LogP contribution in [0.1, 0.15) is 17.0 Å². The van der Waals surface area contributed by atoms with Crippen molar-refractivity contribution < 1.29 is 9.84 Å². The molecule has 124 valence electrons. The second kappa shape index (κ2) is 7.33. The Balaban J connectivity index is 2.27. The summed E-state index contributed by atoms with van der Waals surface area (Å²) in [5, 5.41) is 10.1. The predicted molar refractivity (Wildman–Crippen MR) is 91.2 cm³/mol. The summed E-state index contributed by atoms with van der Waals surface area (Å²) in [7, 11) is 5.48. The van der Waals surface area contributed by atoms with Gasteiger partial charge in [0.25, 0.3) is 0 Å². The lowest BCUT2D eigenvalue weighted by Crippen LogP contribution is -2.22. The minimum Gasteiger partial charge on any atom is -0.503 e. The summed E-state index contributed by atoms with van der Waals surface area (Å²) < 4.78 is 7.18. The topological polar surface area (TPSA) is 54.7 Å². The molecule has 1 heterocycles. The molecule has 1 N–H and O–H groups in total. The van der Waals surface area contributed by atoms with Gasteiger partial charge in [-0.25, -0.2) is 0 Å². The molecule has 1 aromatic carbocycles. The second-order valence-corrected chi connectivity index (χ2v) is 5.93. The number of benzene rings is 1. The molecule has 0 bridgehead atoms. The van der Waals surface area contributed by atoms with Gasteiger partial charge in [0.1, 0.15) is 5.75 Å². The lowest BCUT2D eigenvalue weighted by molar-refractivity contribution is 0.362. The molecule has 0 saturated heterocycles. The van der Waals surface area contributed by atoms with Crippen LogP contribution in [0.4, 0.5) is 0 Å². The van der Waals surface area contributed by atoms with Gasteiger partial charge >= 0.3 is 0 Å². The Kier molecular flexibility index (Phi) is 5.45. The number of ether oxygens (including phenoxy) is 1. The second-order valence-electron chi connectivity index (χ2n) is 5.93. The molecule has 23 heavy (non-hydrogen) atoms. The van der Waals surface area contributed by atoms with E-state index >= 15 is 0 Å². The summed E-state index contributed by atoms with van der Waals surface area (Å²) in [6, 6.07) is 9.42. The lowest BCUT2D eigenvalue weighted by Gasteiger charge is -2.20. The summed E-state index contributed by atoms with van der Waals surface area (Å²) in [6.45, 7) is 3.12. The van der Waals surface area contributed by atoms with E-state index in [9.17, 15) is 9.90 Å². The van der Waals surface area contributed by atoms with Crippen LogP contribution in [-0.2, 0) is 19.5 Å². The molecular weight excluding hydrogens is 292 g/mol. The Hall–Kier alpha value is -2.27. The van der Waals surface area contributed by atoms with Crippen molar-refractivity contribution in [3.63, 3.8) is 0 Å². The minimum absolute atomic E-state index is 0.154. The molecule has 2 aromatic rings. The molecule has 0 spiro atoms. The number of aryl methyl sites for hydroxylation is 2. The molecule has 0 fully saturated rings. The number of pyridine rings is 1. The number of methoxy groups -OCH3 is 1. The quantitative estimate of drug-likeness (QED) is 0.887. The molecule has 0 radical (unpaired) electrons. The number of aromatic nitrogens is 1. The van der Waals surface area contributed by atoms with Gasteiger partial charge in [0.15, 0.2) is 5.75 Å². The van der Waals surface area contributed by atoms with Gasteiger partial charge in [-0.2, -0.15) is 0 Å². The van der Waals surface area contributed by atoms with Crippen LogP contribution >= 0.6 is 0 Å². The van der Waals surface area contributed by atoms with Crippen molar-refractivity contribution in [1.29, 1.82) is 0 Å². The van der Waals surface area contributed by atoms with Crippen molar-refractivity contribution in [1.82, 2.24) is 9.47 Å². The van der Waals surface area contributed by atoms with E-state index in [0.717, 1.165) is 17.9 Å². The lowest BCUT2D eigenvalue weighted by atomic mass is 10.1. The van der Waals surface area contributed by atoms with Crippen LogP contribution in [0.5, 0.6) is 11.5 Å². The first kappa shape index (κ1) is 17.1. The largest absolute Gasteiger partial charge is 0.503 e. The molecule has 0 saturated carbocycles. The number of aromatic hydroxyl groups is 1. The summed E-state index contributed by atoms with van der Waals surface area (Å²) >= 11 is 0. The van der Waals surface area contributed by atoms with Gasteiger partial charge < -0.3 is 19.3 Å². The maximum atomic E-state index is 11.8. The first-order valence-corrected chi connectivity index (χ1v) is 7.62. The molecule has 5 nitrogen and oxygen atoms in total. The van der Waals surface area contributed by atoms with E-state index in [1.54, 1.807) is 7.11 Å². The van der Waals surface area contributed by atoms with Gasteiger partial charge in [-0.1, -0.05) is 12.1 Å². The van der Waals surface area contributed by atoms with Crippen LogP contribution in [0.25, 0.3) is 0 Å².